The highest BCUT2D eigenvalue weighted by atomic mass is 19.1. The number of nitrogens with zero attached hydrogens (tertiary/aromatic N) is 2. The second-order valence-corrected chi connectivity index (χ2v) is 5.42. The predicted octanol–water partition coefficient (Wildman–Crippen LogP) is 1.25. The van der Waals surface area contributed by atoms with Gasteiger partial charge < -0.3 is 14.9 Å². The Kier molecular flexibility index (Phi) is 4.63. The van der Waals surface area contributed by atoms with E-state index in [-0.39, 0.29) is 18.7 Å². The maximum absolute atomic E-state index is 13.3. The summed E-state index contributed by atoms with van der Waals surface area (Å²) in [7, 11) is 1.30. The van der Waals surface area contributed by atoms with E-state index in [2.05, 4.69) is 0 Å². The topological polar surface area (TPSA) is 77.9 Å². The van der Waals surface area contributed by atoms with Gasteiger partial charge in [-0.1, -0.05) is 0 Å². The molecule has 0 aliphatic carbocycles. The average Bonchev–Trinajstić information content (AvgIpc) is 2.85. The minimum Gasteiger partial charge on any atom is -0.480 e. The molecule has 1 aromatic carbocycles. The predicted molar refractivity (Wildman–Crippen MR) is 76.7 cm³/mol. The summed E-state index contributed by atoms with van der Waals surface area (Å²) >= 11 is 0. The number of benzene rings is 1. The van der Waals surface area contributed by atoms with Gasteiger partial charge in [-0.25, -0.2) is 13.6 Å². The van der Waals surface area contributed by atoms with Crippen LogP contribution in [0.15, 0.2) is 18.2 Å². The Balaban J connectivity index is 2.18. The Morgan fingerprint density at radius 3 is 2.39 bits per heavy atom. The van der Waals surface area contributed by atoms with Crippen molar-refractivity contribution >= 4 is 23.5 Å². The van der Waals surface area contributed by atoms with Crippen LogP contribution in [0.4, 0.5) is 14.5 Å². The van der Waals surface area contributed by atoms with Gasteiger partial charge in [-0.15, -0.1) is 0 Å². The molecular weight excluding hydrogens is 310 g/mol. The maximum Gasteiger partial charge on any atom is 0.326 e. The van der Waals surface area contributed by atoms with E-state index in [9.17, 15) is 23.2 Å². The maximum atomic E-state index is 13.3. The third-order valence-electron chi connectivity index (χ3n) is 3.95. The number of rotatable bonds is 4. The van der Waals surface area contributed by atoms with Crippen LogP contribution in [0.5, 0.6) is 0 Å². The molecule has 0 spiro atoms. The van der Waals surface area contributed by atoms with E-state index in [4.69, 9.17) is 5.11 Å². The van der Waals surface area contributed by atoms with Crippen LogP contribution in [0, 0.1) is 17.6 Å². The van der Waals surface area contributed by atoms with Gasteiger partial charge in [0.2, 0.25) is 11.8 Å². The van der Waals surface area contributed by atoms with E-state index in [0.29, 0.717) is 6.07 Å². The van der Waals surface area contributed by atoms with Crippen molar-refractivity contribution in [2.75, 3.05) is 18.5 Å². The molecule has 0 aromatic heterocycles. The summed E-state index contributed by atoms with van der Waals surface area (Å²) in [5.74, 6) is -5.09. The molecule has 2 atom stereocenters. The van der Waals surface area contributed by atoms with Crippen molar-refractivity contribution in [3.8, 4) is 0 Å². The van der Waals surface area contributed by atoms with Gasteiger partial charge in [0.25, 0.3) is 0 Å². The highest BCUT2D eigenvalue weighted by Gasteiger charge is 2.40. The van der Waals surface area contributed by atoms with Crippen molar-refractivity contribution in [3.05, 3.63) is 29.8 Å². The number of hydrogen-bond donors (Lipinski definition) is 1. The van der Waals surface area contributed by atoms with Gasteiger partial charge in [-0.3, -0.25) is 9.59 Å². The Morgan fingerprint density at radius 2 is 1.87 bits per heavy atom. The highest BCUT2D eigenvalue weighted by Crippen LogP contribution is 2.28. The largest absolute Gasteiger partial charge is 0.480 e. The molecule has 1 aliphatic heterocycles. The van der Waals surface area contributed by atoms with Crippen molar-refractivity contribution in [3.63, 3.8) is 0 Å². The first-order chi connectivity index (χ1) is 10.7. The van der Waals surface area contributed by atoms with E-state index < -0.39 is 41.4 Å². The van der Waals surface area contributed by atoms with Gasteiger partial charge in [-0.2, -0.15) is 0 Å². The number of halogens is 2. The molecule has 0 unspecified atom stereocenters. The Bertz CT molecular complexity index is 645. The molecule has 2 amide bonds. The number of carboxylic acid groups (broad SMARTS) is 1. The van der Waals surface area contributed by atoms with Crippen LogP contribution < -0.4 is 4.90 Å². The zero-order chi connectivity index (χ0) is 17.3. The number of carboxylic acids is 1. The average molecular weight is 326 g/mol. The molecule has 0 radical (unpaired) electrons. The standard InChI is InChI=1S/C15H16F2N2O4/c1-8(15(22)23)18(2)13(20)12-3-4-19(14(12)21)11-6-9(16)5-10(17)7-11/h5-8,12H,3-4H2,1-2H3,(H,22,23)/t8-,12-/m0/s1. The van der Waals surface area contributed by atoms with Gasteiger partial charge >= 0.3 is 5.97 Å². The van der Waals surface area contributed by atoms with Crippen molar-refractivity contribution in [2.24, 2.45) is 5.92 Å². The van der Waals surface area contributed by atoms with Crippen LogP contribution in [0.3, 0.4) is 0 Å². The lowest BCUT2D eigenvalue weighted by atomic mass is 10.1. The minimum atomic E-state index is -1.18. The number of carbonyl (C=O) groups excluding carboxylic acids is 2. The fraction of sp³-hybridized carbons (Fsp3) is 0.400. The number of anilines is 1. The number of hydrogen-bond acceptors (Lipinski definition) is 3. The molecule has 23 heavy (non-hydrogen) atoms. The van der Waals surface area contributed by atoms with Crippen molar-refractivity contribution in [1.29, 1.82) is 0 Å². The van der Waals surface area contributed by atoms with Crippen LogP contribution in [0.1, 0.15) is 13.3 Å². The first-order valence-electron chi connectivity index (χ1n) is 6.99. The Labute approximate surface area is 131 Å². The summed E-state index contributed by atoms with van der Waals surface area (Å²) in [4.78, 5) is 37.7. The van der Waals surface area contributed by atoms with Gasteiger partial charge in [0.15, 0.2) is 0 Å². The number of carbonyl (C=O) groups is 3. The second kappa shape index (κ2) is 6.31. The van der Waals surface area contributed by atoms with E-state index in [1.54, 1.807) is 0 Å². The molecule has 1 N–H and O–H groups in total. The number of likely N-dealkylation sites (N-methyl/N-ethyl adjacent to an activating group) is 1. The van der Waals surface area contributed by atoms with Crippen LogP contribution >= 0.6 is 0 Å². The van der Waals surface area contributed by atoms with Gasteiger partial charge in [0, 0.05) is 25.3 Å². The quantitative estimate of drug-likeness (QED) is 0.845. The molecule has 0 bridgehead atoms. The lowest BCUT2D eigenvalue weighted by Crippen LogP contribution is -2.45. The van der Waals surface area contributed by atoms with Crippen LogP contribution in [-0.2, 0) is 14.4 Å². The first-order valence-corrected chi connectivity index (χ1v) is 6.99. The van der Waals surface area contributed by atoms with Crippen LogP contribution in [0.2, 0.25) is 0 Å². The number of aliphatic carboxylic acids is 1. The SMILES string of the molecule is C[C@@H](C(=O)O)N(C)C(=O)[C@@H]1CCN(c2cc(F)cc(F)c2)C1=O. The Hall–Kier alpha value is -2.51. The highest BCUT2D eigenvalue weighted by molar-refractivity contribution is 6.10. The molecule has 1 fully saturated rings. The lowest BCUT2D eigenvalue weighted by molar-refractivity contribution is -0.151. The molecule has 0 saturated carbocycles. The Morgan fingerprint density at radius 1 is 1.30 bits per heavy atom. The van der Waals surface area contributed by atoms with Crippen LogP contribution in [-0.4, -0.2) is 47.4 Å². The molecule has 8 heteroatoms. The van der Waals surface area contributed by atoms with E-state index in [1.165, 1.54) is 14.0 Å². The van der Waals surface area contributed by atoms with E-state index >= 15 is 0 Å². The van der Waals surface area contributed by atoms with Gasteiger partial charge in [0.05, 0.1) is 0 Å². The number of amides is 2. The first kappa shape index (κ1) is 16.9. The van der Waals surface area contributed by atoms with Crippen LogP contribution in [0.25, 0.3) is 0 Å². The third kappa shape index (κ3) is 3.30. The molecule has 1 aliphatic rings. The molecule has 1 heterocycles. The molecular formula is C15H16F2N2O4. The minimum absolute atomic E-state index is 0.0386. The van der Waals surface area contributed by atoms with Crippen molar-refractivity contribution in [1.82, 2.24) is 4.90 Å². The zero-order valence-corrected chi connectivity index (χ0v) is 12.6. The molecule has 2 rings (SSSR count). The molecule has 6 nitrogen and oxygen atoms in total. The van der Waals surface area contributed by atoms with Crippen molar-refractivity contribution in [2.45, 2.75) is 19.4 Å². The molecule has 1 aromatic rings. The van der Waals surface area contributed by atoms with Crippen molar-refractivity contribution < 1.29 is 28.3 Å². The summed E-state index contributed by atoms with van der Waals surface area (Å²) in [6.45, 7) is 1.47. The van der Waals surface area contributed by atoms with E-state index in [0.717, 1.165) is 21.9 Å². The summed E-state index contributed by atoms with van der Waals surface area (Å²) in [6.07, 6.45) is 0.159. The molecule has 124 valence electrons. The smallest absolute Gasteiger partial charge is 0.326 e. The summed E-state index contributed by atoms with van der Waals surface area (Å²) < 4.78 is 26.5. The monoisotopic (exact) mass is 326 g/mol. The lowest BCUT2D eigenvalue weighted by Gasteiger charge is -2.24. The fourth-order valence-corrected chi connectivity index (χ4v) is 2.46. The van der Waals surface area contributed by atoms with Gasteiger partial charge in [0.1, 0.15) is 23.6 Å². The summed E-state index contributed by atoms with van der Waals surface area (Å²) in [5.41, 5.74) is 0.0386. The van der Waals surface area contributed by atoms with E-state index in [1.807, 2.05) is 0 Å². The molecule has 1 saturated heterocycles. The van der Waals surface area contributed by atoms with Gasteiger partial charge in [-0.05, 0) is 25.5 Å². The zero-order valence-electron chi connectivity index (χ0n) is 12.6. The summed E-state index contributed by atoms with van der Waals surface area (Å²) in [5, 5.41) is 8.93. The third-order valence-corrected chi connectivity index (χ3v) is 3.95. The second-order valence-electron chi connectivity index (χ2n) is 5.42. The normalized spacial score (nSPS) is 18.9. The fourth-order valence-electron chi connectivity index (χ4n) is 2.46. The summed E-state index contributed by atoms with van der Waals surface area (Å²) in [6, 6.07) is 1.64.